The predicted molar refractivity (Wildman–Crippen MR) is 28.2 cm³/mol. The van der Waals surface area contributed by atoms with Gasteiger partial charge in [0, 0.05) is 11.8 Å². The molecule has 46 valence electrons. The fourth-order valence-corrected chi connectivity index (χ4v) is 0.220. The Bertz CT molecular complexity index is 115. The molecule has 0 fully saturated rings. The smallest absolute Gasteiger partial charge is 0.350 e. The molecule has 0 aromatic heterocycles. The first kappa shape index (κ1) is 6.97. The highest BCUT2D eigenvalue weighted by atomic mass is 16.7. The molecule has 0 aliphatic heterocycles. The Kier molecular flexibility index (Phi) is 2.64. The van der Waals surface area contributed by atoms with E-state index in [0.717, 1.165) is 6.08 Å². The average molecular weight is 116 g/mol. The predicted octanol–water partition coefficient (Wildman–Crippen LogP) is -0.734. The molecular formula is C4H8N2O2. The van der Waals surface area contributed by atoms with Crippen molar-refractivity contribution in [2.75, 3.05) is 0 Å². The third kappa shape index (κ3) is 3.17. The van der Waals surface area contributed by atoms with E-state index in [1.165, 1.54) is 0 Å². The number of rotatable bonds is 1. The van der Waals surface area contributed by atoms with E-state index < -0.39 is 5.97 Å². The standard InChI is InChI=1S/C4H8N2O2/c1-3(5)2-4(7)8-6/h2H,5-6H2,1H3/b3-2-. The molecule has 0 rings (SSSR count). The zero-order valence-electron chi connectivity index (χ0n) is 4.55. The lowest BCUT2D eigenvalue weighted by Crippen LogP contribution is -2.08. The molecular weight excluding hydrogens is 108 g/mol. The molecule has 0 aliphatic rings. The summed E-state index contributed by atoms with van der Waals surface area (Å²) in [5.41, 5.74) is 5.45. The SMILES string of the molecule is C/C(N)=C/C(=O)ON. The van der Waals surface area contributed by atoms with Crippen LogP contribution in [0.2, 0.25) is 0 Å². The van der Waals surface area contributed by atoms with E-state index >= 15 is 0 Å². The Morgan fingerprint density at radius 3 is 2.38 bits per heavy atom. The monoisotopic (exact) mass is 116 g/mol. The molecule has 0 aromatic carbocycles. The molecule has 0 saturated heterocycles. The highest BCUT2D eigenvalue weighted by molar-refractivity contribution is 5.82. The second-order valence-corrected chi connectivity index (χ2v) is 1.33. The van der Waals surface area contributed by atoms with Crippen LogP contribution in [0.5, 0.6) is 0 Å². The van der Waals surface area contributed by atoms with Crippen molar-refractivity contribution in [2.45, 2.75) is 6.92 Å². The number of hydrogen-bond acceptors (Lipinski definition) is 4. The van der Waals surface area contributed by atoms with Crippen molar-refractivity contribution in [3.63, 3.8) is 0 Å². The van der Waals surface area contributed by atoms with E-state index in [-0.39, 0.29) is 0 Å². The van der Waals surface area contributed by atoms with Gasteiger partial charge in [0.05, 0.1) is 0 Å². The van der Waals surface area contributed by atoms with Gasteiger partial charge < -0.3 is 10.6 Å². The van der Waals surface area contributed by atoms with Gasteiger partial charge in [0.15, 0.2) is 0 Å². The molecule has 0 atom stereocenters. The molecule has 0 amide bonds. The van der Waals surface area contributed by atoms with Crippen LogP contribution in [-0.2, 0) is 9.63 Å². The topological polar surface area (TPSA) is 78.3 Å². The summed E-state index contributed by atoms with van der Waals surface area (Å²) in [4.78, 5) is 13.9. The van der Waals surface area contributed by atoms with Crippen LogP contribution >= 0.6 is 0 Å². The second-order valence-electron chi connectivity index (χ2n) is 1.33. The molecule has 0 radical (unpaired) electrons. The van der Waals surface area contributed by atoms with Gasteiger partial charge in [-0.15, -0.1) is 0 Å². The average Bonchev–Trinajstić information content (AvgIpc) is 1.65. The Hall–Kier alpha value is -1.03. The number of carbonyl (C=O) groups excluding carboxylic acids is 1. The number of nitrogens with two attached hydrogens (primary N) is 2. The normalized spacial score (nSPS) is 11.0. The molecule has 0 bridgehead atoms. The molecule has 0 spiro atoms. The summed E-state index contributed by atoms with van der Waals surface area (Å²) in [7, 11) is 0. The van der Waals surface area contributed by atoms with Crippen molar-refractivity contribution < 1.29 is 9.63 Å². The van der Waals surface area contributed by atoms with Crippen LogP contribution in [0.4, 0.5) is 0 Å². The molecule has 0 aromatic rings. The lowest BCUT2D eigenvalue weighted by molar-refractivity contribution is -0.138. The minimum Gasteiger partial charge on any atom is -0.402 e. The van der Waals surface area contributed by atoms with Gasteiger partial charge in [-0.1, -0.05) is 0 Å². The molecule has 8 heavy (non-hydrogen) atoms. The Labute approximate surface area is 47.1 Å². The molecule has 4 nitrogen and oxygen atoms in total. The van der Waals surface area contributed by atoms with Crippen molar-refractivity contribution in [1.82, 2.24) is 0 Å². The molecule has 0 heterocycles. The van der Waals surface area contributed by atoms with Crippen molar-refractivity contribution in [3.8, 4) is 0 Å². The first-order valence-electron chi connectivity index (χ1n) is 2.01. The first-order chi connectivity index (χ1) is 3.66. The summed E-state index contributed by atoms with van der Waals surface area (Å²) in [5.74, 6) is 3.84. The Morgan fingerprint density at radius 2 is 2.25 bits per heavy atom. The van der Waals surface area contributed by atoms with E-state index in [1.54, 1.807) is 6.92 Å². The fourth-order valence-electron chi connectivity index (χ4n) is 0.220. The number of hydrogen-bond donors (Lipinski definition) is 2. The van der Waals surface area contributed by atoms with Crippen LogP contribution in [0.1, 0.15) is 6.92 Å². The van der Waals surface area contributed by atoms with E-state index in [9.17, 15) is 4.79 Å². The summed E-state index contributed by atoms with van der Waals surface area (Å²) >= 11 is 0. The van der Waals surface area contributed by atoms with E-state index in [1.807, 2.05) is 0 Å². The first-order valence-corrected chi connectivity index (χ1v) is 2.01. The molecule has 4 heteroatoms. The van der Waals surface area contributed by atoms with Gasteiger partial charge in [-0.05, 0) is 6.92 Å². The van der Waals surface area contributed by atoms with Gasteiger partial charge in [0.25, 0.3) is 0 Å². The third-order valence-electron chi connectivity index (χ3n) is 0.462. The maximum Gasteiger partial charge on any atom is 0.350 e. The van der Waals surface area contributed by atoms with Gasteiger partial charge >= 0.3 is 5.97 Å². The van der Waals surface area contributed by atoms with E-state index in [0.29, 0.717) is 5.70 Å². The van der Waals surface area contributed by atoms with Crippen LogP contribution in [0.3, 0.4) is 0 Å². The highest BCUT2D eigenvalue weighted by Gasteiger charge is 1.90. The van der Waals surface area contributed by atoms with Crippen LogP contribution in [-0.4, -0.2) is 5.97 Å². The van der Waals surface area contributed by atoms with Crippen molar-refractivity contribution in [2.24, 2.45) is 11.6 Å². The van der Waals surface area contributed by atoms with Gasteiger partial charge in [-0.2, -0.15) is 5.90 Å². The number of allylic oxidation sites excluding steroid dienone is 1. The van der Waals surface area contributed by atoms with Crippen LogP contribution < -0.4 is 11.6 Å². The van der Waals surface area contributed by atoms with Gasteiger partial charge in [0.2, 0.25) is 0 Å². The van der Waals surface area contributed by atoms with E-state index in [2.05, 4.69) is 10.7 Å². The molecule has 0 aliphatic carbocycles. The van der Waals surface area contributed by atoms with Crippen LogP contribution in [0.25, 0.3) is 0 Å². The molecule has 4 N–H and O–H groups in total. The van der Waals surface area contributed by atoms with Crippen molar-refractivity contribution in [1.29, 1.82) is 0 Å². The second kappa shape index (κ2) is 3.04. The minimum atomic E-state index is -0.634. The largest absolute Gasteiger partial charge is 0.402 e. The summed E-state index contributed by atoms with van der Waals surface area (Å²) in [5, 5.41) is 0. The quantitative estimate of drug-likeness (QED) is 0.349. The maximum atomic E-state index is 10.1. The minimum absolute atomic E-state index is 0.375. The van der Waals surface area contributed by atoms with Crippen molar-refractivity contribution in [3.05, 3.63) is 11.8 Å². The van der Waals surface area contributed by atoms with Crippen LogP contribution in [0, 0.1) is 0 Å². The summed E-state index contributed by atoms with van der Waals surface area (Å²) < 4.78 is 0. The summed E-state index contributed by atoms with van der Waals surface area (Å²) in [6.07, 6.45) is 1.10. The van der Waals surface area contributed by atoms with Gasteiger partial charge in [-0.3, -0.25) is 0 Å². The molecule has 0 saturated carbocycles. The highest BCUT2D eigenvalue weighted by Crippen LogP contribution is 1.79. The lowest BCUT2D eigenvalue weighted by Gasteiger charge is -1.88. The Morgan fingerprint density at radius 1 is 1.75 bits per heavy atom. The van der Waals surface area contributed by atoms with Gasteiger partial charge in [-0.25, -0.2) is 4.79 Å². The van der Waals surface area contributed by atoms with Crippen molar-refractivity contribution >= 4 is 5.97 Å². The number of carbonyl (C=O) groups is 1. The third-order valence-corrected chi connectivity index (χ3v) is 0.462. The summed E-state index contributed by atoms with van der Waals surface area (Å²) in [6, 6.07) is 0. The maximum absolute atomic E-state index is 10.1. The lowest BCUT2D eigenvalue weighted by atomic mass is 10.5. The zero-order chi connectivity index (χ0) is 6.57. The summed E-state index contributed by atoms with van der Waals surface area (Å²) in [6.45, 7) is 1.57. The zero-order valence-corrected chi connectivity index (χ0v) is 4.55. The van der Waals surface area contributed by atoms with Gasteiger partial charge in [0.1, 0.15) is 0 Å². The van der Waals surface area contributed by atoms with Crippen LogP contribution in [0.15, 0.2) is 11.8 Å². The Balaban J connectivity index is 3.70. The fraction of sp³-hybridized carbons (Fsp3) is 0.250. The molecule has 0 unspecified atom stereocenters. The van der Waals surface area contributed by atoms with E-state index in [4.69, 9.17) is 5.73 Å².